The molecule has 1 N–H and O–H groups in total. The molecule has 0 aromatic heterocycles. The zero-order chi connectivity index (χ0) is 13.7. The van der Waals surface area contributed by atoms with E-state index in [2.05, 4.69) is 17.9 Å². The molecular formula is C16H21NO2. The van der Waals surface area contributed by atoms with E-state index in [1.54, 1.807) is 0 Å². The SMILES string of the molecule is CCCC1=CCCN(c2ccc(CC(=O)O)cc2)C1. The van der Waals surface area contributed by atoms with Gasteiger partial charge in [0.15, 0.2) is 0 Å². The average Bonchev–Trinajstić information content (AvgIpc) is 2.40. The predicted molar refractivity (Wildman–Crippen MR) is 77.6 cm³/mol. The van der Waals surface area contributed by atoms with Crippen molar-refractivity contribution in [3.63, 3.8) is 0 Å². The fourth-order valence-electron chi connectivity index (χ4n) is 2.54. The molecule has 19 heavy (non-hydrogen) atoms. The predicted octanol–water partition coefficient (Wildman–Crippen LogP) is 3.25. The smallest absolute Gasteiger partial charge is 0.307 e. The quantitative estimate of drug-likeness (QED) is 0.825. The first-order chi connectivity index (χ1) is 9.19. The Morgan fingerprint density at radius 2 is 2.05 bits per heavy atom. The summed E-state index contributed by atoms with van der Waals surface area (Å²) < 4.78 is 0. The van der Waals surface area contributed by atoms with E-state index < -0.39 is 5.97 Å². The molecule has 0 unspecified atom stereocenters. The molecule has 1 aromatic carbocycles. The third kappa shape index (κ3) is 3.85. The number of carbonyl (C=O) groups is 1. The van der Waals surface area contributed by atoms with Crippen molar-refractivity contribution in [2.45, 2.75) is 32.6 Å². The van der Waals surface area contributed by atoms with Gasteiger partial charge in [-0.15, -0.1) is 0 Å². The standard InChI is InChI=1S/C16H21NO2/c1-2-4-14-5-3-10-17(12-14)15-8-6-13(7-9-15)11-16(18)19/h5-9H,2-4,10-12H2,1H3,(H,18,19). The molecule has 102 valence electrons. The second-order valence-corrected chi connectivity index (χ2v) is 5.06. The number of hydrogen-bond acceptors (Lipinski definition) is 2. The molecule has 0 saturated heterocycles. The second-order valence-electron chi connectivity index (χ2n) is 5.06. The summed E-state index contributed by atoms with van der Waals surface area (Å²) in [5, 5.41) is 8.76. The van der Waals surface area contributed by atoms with Gasteiger partial charge in [-0.1, -0.05) is 37.1 Å². The maximum Gasteiger partial charge on any atom is 0.307 e. The van der Waals surface area contributed by atoms with Crippen LogP contribution in [0, 0.1) is 0 Å². The molecule has 1 aliphatic heterocycles. The van der Waals surface area contributed by atoms with E-state index in [1.165, 1.54) is 24.1 Å². The van der Waals surface area contributed by atoms with Crippen LogP contribution < -0.4 is 4.90 Å². The van der Waals surface area contributed by atoms with E-state index in [9.17, 15) is 4.79 Å². The molecule has 0 amide bonds. The number of benzene rings is 1. The highest BCUT2D eigenvalue weighted by Crippen LogP contribution is 2.22. The van der Waals surface area contributed by atoms with Gasteiger partial charge >= 0.3 is 5.97 Å². The summed E-state index contributed by atoms with van der Waals surface area (Å²) >= 11 is 0. The Bertz CT molecular complexity index is 462. The summed E-state index contributed by atoms with van der Waals surface area (Å²) in [5.41, 5.74) is 3.57. The van der Waals surface area contributed by atoms with Gasteiger partial charge in [0.1, 0.15) is 0 Å². The highest BCUT2D eigenvalue weighted by molar-refractivity contribution is 5.70. The first-order valence-electron chi connectivity index (χ1n) is 6.92. The Kier molecular flexibility index (Phi) is 4.61. The fraction of sp³-hybridized carbons (Fsp3) is 0.438. The number of carboxylic acids is 1. The average molecular weight is 259 g/mol. The molecule has 0 radical (unpaired) electrons. The summed E-state index contributed by atoms with van der Waals surface area (Å²) in [7, 11) is 0. The van der Waals surface area contributed by atoms with Crippen LogP contribution >= 0.6 is 0 Å². The monoisotopic (exact) mass is 259 g/mol. The molecule has 2 rings (SSSR count). The summed E-state index contributed by atoms with van der Waals surface area (Å²) in [6, 6.07) is 7.91. The van der Waals surface area contributed by atoms with E-state index in [-0.39, 0.29) is 6.42 Å². The van der Waals surface area contributed by atoms with E-state index in [0.717, 1.165) is 25.1 Å². The van der Waals surface area contributed by atoms with E-state index in [0.29, 0.717) is 0 Å². The van der Waals surface area contributed by atoms with Crippen molar-refractivity contribution in [3.8, 4) is 0 Å². The maximum absolute atomic E-state index is 10.7. The number of carboxylic acid groups (broad SMARTS) is 1. The summed E-state index contributed by atoms with van der Waals surface area (Å²) in [6.07, 6.45) is 5.93. The fourth-order valence-corrected chi connectivity index (χ4v) is 2.54. The van der Waals surface area contributed by atoms with Gasteiger partial charge in [-0.25, -0.2) is 0 Å². The van der Waals surface area contributed by atoms with Crippen molar-refractivity contribution in [2.75, 3.05) is 18.0 Å². The third-order valence-corrected chi connectivity index (χ3v) is 3.45. The number of aliphatic carboxylic acids is 1. The maximum atomic E-state index is 10.7. The molecule has 0 bridgehead atoms. The van der Waals surface area contributed by atoms with Gasteiger partial charge in [0.2, 0.25) is 0 Å². The molecule has 0 saturated carbocycles. The summed E-state index contributed by atoms with van der Waals surface area (Å²) in [5.74, 6) is -0.779. The normalized spacial score (nSPS) is 15.2. The Morgan fingerprint density at radius 3 is 2.68 bits per heavy atom. The number of rotatable bonds is 5. The third-order valence-electron chi connectivity index (χ3n) is 3.45. The Balaban J connectivity index is 2.02. The van der Waals surface area contributed by atoms with Gasteiger partial charge in [-0.2, -0.15) is 0 Å². The summed E-state index contributed by atoms with van der Waals surface area (Å²) in [6.45, 7) is 4.26. The molecule has 3 nitrogen and oxygen atoms in total. The Hall–Kier alpha value is -1.77. The van der Waals surface area contributed by atoms with Crippen LogP contribution in [0.25, 0.3) is 0 Å². The Morgan fingerprint density at radius 1 is 1.32 bits per heavy atom. The lowest BCUT2D eigenvalue weighted by molar-refractivity contribution is -0.136. The van der Waals surface area contributed by atoms with Crippen molar-refractivity contribution < 1.29 is 9.90 Å². The second kappa shape index (κ2) is 6.41. The molecule has 1 aliphatic rings. The molecule has 0 aliphatic carbocycles. The van der Waals surface area contributed by atoms with Crippen LogP contribution in [-0.4, -0.2) is 24.2 Å². The minimum absolute atomic E-state index is 0.0985. The van der Waals surface area contributed by atoms with Crippen LogP contribution in [0.1, 0.15) is 31.7 Å². The lowest BCUT2D eigenvalue weighted by Crippen LogP contribution is -2.29. The molecular weight excluding hydrogens is 238 g/mol. The van der Waals surface area contributed by atoms with Gasteiger partial charge in [0.25, 0.3) is 0 Å². The number of nitrogens with zero attached hydrogens (tertiary/aromatic N) is 1. The van der Waals surface area contributed by atoms with Crippen molar-refractivity contribution >= 4 is 11.7 Å². The highest BCUT2D eigenvalue weighted by atomic mass is 16.4. The van der Waals surface area contributed by atoms with Gasteiger partial charge in [-0.05, 0) is 30.5 Å². The zero-order valence-corrected chi connectivity index (χ0v) is 11.4. The van der Waals surface area contributed by atoms with E-state index >= 15 is 0 Å². The Labute approximate surface area is 114 Å². The van der Waals surface area contributed by atoms with Crippen LogP contribution in [0.2, 0.25) is 0 Å². The topological polar surface area (TPSA) is 40.5 Å². The molecule has 0 spiro atoms. The van der Waals surface area contributed by atoms with Gasteiger partial charge in [-0.3, -0.25) is 4.79 Å². The first-order valence-corrected chi connectivity index (χ1v) is 6.92. The largest absolute Gasteiger partial charge is 0.481 e. The molecule has 1 heterocycles. The minimum atomic E-state index is -0.779. The molecule has 0 fully saturated rings. The van der Waals surface area contributed by atoms with Crippen molar-refractivity contribution in [1.82, 2.24) is 0 Å². The highest BCUT2D eigenvalue weighted by Gasteiger charge is 2.12. The summed E-state index contributed by atoms with van der Waals surface area (Å²) in [4.78, 5) is 13.0. The lowest BCUT2D eigenvalue weighted by Gasteiger charge is -2.29. The van der Waals surface area contributed by atoms with Gasteiger partial charge in [0, 0.05) is 18.8 Å². The molecule has 1 aromatic rings. The number of anilines is 1. The van der Waals surface area contributed by atoms with Gasteiger partial charge in [0.05, 0.1) is 6.42 Å². The van der Waals surface area contributed by atoms with Crippen LogP contribution in [0.5, 0.6) is 0 Å². The lowest BCUT2D eigenvalue weighted by atomic mass is 10.0. The van der Waals surface area contributed by atoms with Crippen LogP contribution in [0.3, 0.4) is 0 Å². The molecule has 3 heteroatoms. The van der Waals surface area contributed by atoms with Crippen molar-refractivity contribution in [3.05, 3.63) is 41.5 Å². The van der Waals surface area contributed by atoms with Crippen LogP contribution in [-0.2, 0) is 11.2 Å². The minimum Gasteiger partial charge on any atom is -0.481 e. The van der Waals surface area contributed by atoms with Gasteiger partial charge < -0.3 is 10.0 Å². The molecule has 0 atom stereocenters. The van der Waals surface area contributed by atoms with Crippen molar-refractivity contribution in [2.24, 2.45) is 0 Å². The van der Waals surface area contributed by atoms with E-state index in [1.807, 2.05) is 24.3 Å². The van der Waals surface area contributed by atoms with Crippen LogP contribution in [0.4, 0.5) is 5.69 Å². The zero-order valence-electron chi connectivity index (χ0n) is 11.4. The first kappa shape index (κ1) is 13.7. The van der Waals surface area contributed by atoms with Crippen LogP contribution in [0.15, 0.2) is 35.9 Å². The van der Waals surface area contributed by atoms with Crippen molar-refractivity contribution in [1.29, 1.82) is 0 Å². The number of hydrogen-bond donors (Lipinski definition) is 1. The van der Waals surface area contributed by atoms with E-state index in [4.69, 9.17) is 5.11 Å².